The number of ether oxygens (including phenoxy) is 1. The number of phenolic OH excluding ortho intramolecular Hbond substituents is 1. The van der Waals surface area contributed by atoms with E-state index in [4.69, 9.17) is 17.0 Å². The Bertz CT molecular complexity index is 927. The molecule has 2 aromatic carbocycles. The largest absolute Gasteiger partial charge is 0.504 e. The van der Waals surface area contributed by atoms with Crippen LogP contribution in [0.3, 0.4) is 0 Å². The van der Waals surface area contributed by atoms with Crippen LogP contribution < -0.4 is 15.0 Å². The molecule has 134 valence electrons. The average Bonchev–Trinajstić information content (AvgIpc) is 2.91. The van der Waals surface area contributed by atoms with Crippen LogP contribution in [0.2, 0.25) is 0 Å². The van der Waals surface area contributed by atoms with Crippen LogP contribution in [-0.2, 0) is 11.2 Å². The number of phenols is 1. The third-order valence-corrected chi connectivity index (χ3v) is 4.82. The predicted molar refractivity (Wildman–Crippen MR) is 109 cm³/mol. The van der Waals surface area contributed by atoms with Gasteiger partial charge in [-0.05, 0) is 48.5 Å². The lowest BCUT2D eigenvalue weighted by atomic mass is 10.1. The van der Waals surface area contributed by atoms with Crippen LogP contribution in [0.1, 0.15) is 18.1 Å². The minimum absolute atomic E-state index is 0.0453. The van der Waals surface area contributed by atoms with Crippen molar-refractivity contribution in [1.29, 1.82) is 0 Å². The maximum absolute atomic E-state index is 12.9. The molecule has 1 aliphatic heterocycles. The molecule has 0 spiro atoms. The topological polar surface area (TPSA) is 61.8 Å². The highest BCUT2D eigenvalue weighted by molar-refractivity contribution is 9.10. The van der Waals surface area contributed by atoms with Gasteiger partial charge in [0.15, 0.2) is 16.6 Å². The molecule has 0 bridgehead atoms. The first-order valence-electron chi connectivity index (χ1n) is 7.97. The second kappa shape index (κ2) is 7.47. The van der Waals surface area contributed by atoms with Crippen molar-refractivity contribution in [3.05, 3.63) is 57.7 Å². The zero-order valence-corrected chi connectivity index (χ0v) is 16.6. The average molecular weight is 433 g/mol. The summed E-state index contributed by atoms with van der Waals surface area (Å²) in [6, 6.07) is 11.0. The number of halogens is 1. The minimum Gasteiger partial charge on any atom is -0.504 e. The summed E-state index contributed by atoms with van der Waals surface area (Å²) >= 11 is 8.73. The van der Waals surface area contributed by atoms with E-state index < -0.39 is 0 Å². The molecule has 0 unspecified atom stereocenters. The number of hydrogen-bond donors (Lipinski definition) is 2. The maximum atomic E-state index is 12.9. The molecular weight excluding hydrogens is 416 g/mol. The van der Waals surface area contributed by atoms with E-state index in [1.54, 1.807) is 18.2 Å². The number of rotatable bonds is 4. The molecule has 0 aromatic heterocycles. The molecular formula is C19H17BrN2O3S. The van der Waals surface area contributed by atoms with Crippen molar-refractivity contribution < 1.29 is 14.6 Å². The van der Waals surface area contributed by atoms with Gasteiger partial charge in [0.2, 0.25) is 0 Å². The third-order valence-electron chi connectivity index (χ3n) is 4.08. The fourth-order valence-corrected chi connectivity index (χ4v) is 3.54. The Balaban J connectivity index is 2.02. The highest BCUT2D eigenvalue weighted by Gasteiger charge is 2.33. The quantitative estimate of drug-likeness (QED) is 0.564. The first-order chi connectivity index (χ1) is 12.5. The van der Waals surface area contributed by atoms with Crippen molar-refractivity contribution in [2.45, 2.75) is 13.3 Å². The van der Waals surface area contributed by atoms with Crippen LogP contribution in [0.4, 0.5) is 5.69 Å². The van der Waals surface area contributed by atoms with E-state index in [1.165, 1.54) is 12.0 Å². The fraction of sp³-hybridized carbons (Fsp3) is 0.158. The standard InChI is InChI=1S/C19H17BrN2O3S/c1-3-11-6-4-5-7-15(11)22-18(24)14(21-19(22)26)9-12-8-13(20)10-16(25-2)17(12)23/h4-10,23H,3H2,1-2H3,(H,21,26)/b14-9+. The summed E-state index contributed by atoms with van der Waals surface area (Å²) in [5, 5.41) is 13.6. The van der Waals surface area contributed by atoms with Crippen molar-refractivity contribution >= 4 is 50.9 Å². The number of benzene rings is 2. The molecule has 3 rings (SSSR count). The molecule has 0 atom stereocenters. The monoisotopic (exact) mass is 432 g/mol. The summed E-state index contributed by atoms with van der Waals surface area (Å²) in [6.07, 6.45) is 2.34. The summed E-state index contributed by atoms with van der Waals surface area (Å²) in [7, 11) is 1.47. The molecule has 1 fully saturated rings. The number of thiocarbonyl (C=S) groups is 1. The maximum Gasteiger partial charge on any atom is 0.281 e. The molecule has 5 nitrogen and oxygen atoms in total. The first kappa shape index (κ1) is 18.4. The van der Waals surface area contributed by atoms with Crippen LogP contribution in [-0.4, -0.2) is 23.2 Å². The molecule has 0 aliphatic carbocycles. The fourth-order valence-electron chi connectivity index (χ4n) is 2.80. The summed E-state index contributed by atoms with van der Waals surface area (Å²) in [6.45, 7) is 2.03. The van der Waals surface area contributed by atoms with Gasteiger partial charge in [0, 0.05) is 10.0 Å². The number of nitrogens with one attached hydrogen (secondary N) is 1. The van der Waals surface area contributed by atoms with Gasteiger partial charge in [0.05, 0.1) is 12.8 Å². The Morgan fingerprint density at radius 1 is 1.35 bits per heavy atom. The number of carbonyl (C=O) groups excluding carboxylic acids is 1. The zero-order chi connectivity index (χ0) is 18.8. The van der Waals surface area contributed by atoms with Crippen LogP contribution in [0.15, 0.2) is 46.6 Å². The number of aromatic hydroxyl groups is 1. The van der Waals surface area contributed by atoms with E-state index in [9.17, 15) is 9.90 Å². The first-order valence-corrected chi connectivity index (χ1v) is 9.18. The lowest BCUT2D eigenvalue weighted by molar-refractivity contribution is -0.113. The van der Waals surface area contributed by atoms with Crippen molar-refractivity contribution in [3.8, 4) is 11.5 Å². The SMILES string of the molecule is CCc1ccccc1N1C(=O)/C(=C\c2cc(Br)cc(OC)c2O)NC1=S. The van der Waals surface area contributed by atoms with Gasteiger partial charge in [-0.15, -0.1) is 0 Å². The molecule has 0 saturated carbocycles. The molecule has 7 heteroatoms. The third kappa shape index (κ3) is 3.32. The Hall–Kier alpha value is -2.38. The summed E-state index contributed by atoms with van der Waals surface area (Å²) in [5.41, 5.74) is 2.52. The molecule has 1 saturated heterocycles. The molecule has 26 heavy (non-hydrogen) atoms. The van der Waals surface area contributed by atoms with Gasteiger partial charge in [0.1, 0.15) is 5.70 Å². The van der Waals surface area contributed by atoms with Gasteiger partial charge in [-0.3, -0.25) is 9.69 Å². The van der Waals surface area contributed by atoms with E-state index in [-0.39, 0.29) is 17.4 Å². The Labute approximate surface area is 165 Å². The second-order valence-corrected chi connectivity index (χ2v) is 6.96. The van der Waals surface area contributed by atoms with E-state index in [0.29, 0.717) is 16.4 Å². The van der Waals surface area contributed by atoms with E-state index in [1.807, 2.05) is 31.2 Å². The number of methoxy groups -OCH3 is 1. The van der Waals surface area contributed by atoms with Crippen molar-refractivity contribution in [3.63, 3.8) is 0 Å². The highest BCUT2D eigenvalue weighted by Crippen LogP contribution is 2.35. The van der Waals surface area contributed by atoms with Gasteiger partial charge in [-0.2, -0.15) is 0 Å². The lowest BCUT2D eigenvalue weighted by Crippen LogP contribution is -2.31. The smallest absolute Gasteiger partial charge is 0.281 e. The predicted octanol–water partition coefficient (Wildman–Crippen LogP) is 3.99. The van der Waals surface area contributed by atoms with E-state index >= 15 is 0 Å². The zero-order valence-electron chi connectivity index (χ0n) is 14.2. The number of nitrogens with zero attached hydrogens (tertiary/aromatic N) is 1. The lowest BCUT2D eigenvalue weighted by Gasteiger charge is -2.17. The van der Waals surface area contributed by atoms with Gasteiger partial charge in [0.25, 0.3) is 5.91 Å². The van der Waals surface area contributed by atoms with Gasteiger partial charge < -0.3 is 15.2 Å². The summed E-state index contributed by atoms with van der Waals surface area (Å²) in [5.74, 6) is -0.00204. The molecule has 2 aromatic rings. The Morgan fingerprint density at radius 3 is 2.77 bits per heavy atom. The van der Waals surface area contributed by atoms with Crippen molar-refractivity contribution in [1.82, 2.24) is 5.32 Å². The Kier molecular flexibility index (Phi) is 5.29. The van der Waals surface area contributed by atoms with Crippen LogP contribution in [0.5, 0.6) is 11.5 Å². The molecule has 1 amide bonds. The summed E-state index contributed by atoms with van der Waals surface area (Å²) < 4.78 is 5.87. The Morgan fingerprint density at radius 2 is 2.08 bits per heavy atom. The molecule has 1 aliphatic rings. The van der Waals surface area contributed by atoms with Crippen molar-refractivity contribution in [2.75, 3.05) is 12.0 Å². The van der Waals surface area contributed by atoms with E-state index in [0.717, 1.165) is 22.1 Å². The minimum atomic E-state index is -0.269. The molecule has 0 radical (unpaired) electrons. The van der Waals surface area contributed by atoms with Crippen LogP contribution in [0.25, 0.3) is 6.08 Å². The molecule has 2 N–H and O–H groups in total. The highest BCUT2D eigenvalue weighted by atomic mass is 79.9. The number of aryl methyl sites for hydroxylation is 1. The van der Waals surface area contributed by atoms with E-state index in [2.05, 4.69) is 21.2 Å². The van der Waals surface area contributed by atoms with Gasteiger partial charge >= 0.3 is 0 Å². The van der Waals surface area contributed by atoms with Gasteiger partial charge in [-0.25, -0.2) is 0 Å². The number of para-hydroxylation sites is 1. The second-order valence-electron chi connectivity index (χ2n) is 5.66. The normalized spacial score (nSPS) is 15.5. The van der Waals surface area contributed by atoms with Crippen LogP contribution >= 0.6 is 28.1 Å². The van der Waals surface area contributed by atoms with Gasteiger partial charge in [-0.1, -0.05) is 41.1 Å². The number of amides is 1. The number of anilines is 1. The molecule has 1 heterocycles. The number of hydrogen-bond acceptors (Lipinski definition) is 4. The summed E-state index contributed by atoms with van der Waals surface area (Å²) in [4.78, 5) is 14.4. The van der Waals surface area contributed by atoms with Crippen molar-refractivity contribution in [2.24, 2.45) is 0 Å². The number of carbonyl (C=O) groups is 1. The van der Waals surface area contributed by atoms with Crippen LogP contribution in [0, 0.1) is 0 Å².